The van der Waals surface area contributed by atoms with Crippen molar-refractivity contribution < 1.29 is 0 Å². The Hall–Kier alpha value is -0.410. The van der Waals surface area contributed by atoms with Crippen molar-refractivity contribution in [3.05, 3.63) is 28.5 Å². The number of nitrogens with zero attached hydrogens (tertiary/aromatic N) is 1. The van der Waals surface area contributed by atoms with Gasteiger partial charge in [-0.1, -0.05) is 13.8 Å². The van der Waals surface area contributed by atoms with E-state index in [1.807, 2.05) is 18.3 Å². The average molecular weight is 229 g/mol. The third kappa shape index (κ3) is 2.91. The molecule has 0 aliphatic heterocycles. The van der Waals surface area contributed by atoms with Crippen LogP contribution in [0.4, 0.5) is 0 Å². The van der Waals surface area contributed by atoms with E-state index >= 15 is 0 Å². The highest BCUT2D eigenvalue weighted by Crippen LogP contribution is 2.12. The minimum absolute atomic E-state index is 0.499. The predicted octanol–water partition coefficient (Wildman–Crippen LogP) is 2.34. The lowest BCUT2D eigenvalue weighted by Gasteiger charge is -2.07. The third-order valence-electron chi connectivity index (χ3n) is 1.51. The second-order valence-electron chi connectivity index (χ2n) is 2.97. The Morgan fingerprint density at radius 1 is 1.58 bits per heavy atom. The van der Waals surface area contributed by atoms with Crippen LogP contribution in [0.25, 0.3) is 0 Å². The molecule has 3 heteroatoms. The fourth-order valence-corrected chi connectivity index (χ4v) is 1.24. The van der Waals surface area contributed by atoms with Gasteiger partial charge in [0.2, 0.25) is 0 Å². The maximum atomic E-state index is 4.24. The smallest absolute Gasteiger partial charge is 0.0683 e. The van der Waals surface area contributed by atoms with Gasteiger partial charge in [-0.05, 0) is 28.1 Å². The van der Waals surface area contributed by atoms with Crippen molar-refractivity contribution in [3.63, 3.8) is 0 Å². The molecular formula is C9H13BrN2. The SMILES string of the molecule is CC(C)NCc1ncccc1Br. The van der Waals surface area contributed by atoms with E-state index < -0.39 is 0 Å². The molecule has 66 valence electrons. The van der Waals surface area contributed by atoms with E-state index in [1.54, 1.807) is 0 Å². The normalized spacial score (nSPS) is 10.7. The number of pyridine rings is 1. The van der Waals surface area contributed by atoms with Crippen LogP contribution in [0, 0.1) is 0 Å². The Morgan fingerprint density at radius 3 is 2.92 bits per heavy atom. The predicted molar refractivity (Wildman–Crippen MR) is 53.9 cm³/mol. The van der Waals surface area contributed by atoms with Crippen LogP contribution in [-0.4, -0.2) is 11.0 Å². The molecule has 0 saturated heterocycles. The fraction of sp³-hybridized carbons (Fsp3) is 0.444. The maximum Gasteiger partial charge on any atom is 0.0683 e. The van der Waals surface area contributed by atoms with Crippen LogP contribution in [-0.2, 0) is 6.54 Å². The molecule has 0 bridgehead atoms. The Balaban J connectivity index is 2.57. The molecule has 1 aromatic rings. The van der Waals surface area contributed by atoms with Crippen molar-refractivity contribution in [1.82, 2.24) is 10.3 Å². The first-order chi connectivity index (χ1) is 5.70. The van der Waals surface area contributed by atoms with Crippen molar-refractivity contribution >= 4 is 15.9 Å². The van der Waals surface area contributed by atoms with E-state index in [9.17, 15) is 0 Å². The molecule has 0 saturated carbocycles. The van der Waals surface area contributed by atoms with Gasteiger partial charge in [-0.25, -0.2) is 0 Å². The molecule has 0 aromatic carbocycles. The monoisotopic (exact) mass is 228 g/mol. The standard InChI is InChI=1S/C9H13BrN2/c1-7(2)12-6-9-8(10)4-3-5-11-9/h3-5,7,12H,6H2,1-2H3. The van der Waals surface area contributed by atoms with E-state index in [0.29, 0.717) is 6.04 Å². The van der Waals surface area contributed by atoms with E-state index in [2.05, 4.69) is 40.1 Å². The van der Waals surface area contributed by atoms with Crippen molar-refractivity contribution in [1.29, 1.82) is 0 Å². The van der Waals surface area contributed by atoms with Gasteiger partial charge < -0.3 is 5.32 Å². The molecule has 12 heavy (non-hydrogen) atoms. The lowest BCUT2D eigenvalue weighted by atomic mass is 10.3. The molecule has 0 aliphatic rings. The van der Waals surface area contributed by atoms with Crippen molar-refractivity contribution in [3.8, 4) is 0 Å². The zero-order chi connectivity index (χ0) is 8.97. The zero-order valence-corrected chi connectivity index (χ0v) is 8.93. The van der Waals surface area contributed by atoms with E-state index in [0.717, 1.165) is 16.7 Å². The zero-order valence-electron chi connectivity index (χ0n) is 7.34. The van der Waals surface area contributed by atoms with Crippen molar-refractivity contribution in [2.75, 3.05) is 0 Å². The molecule has 1 aromatic heterocycles. The van der Waals surface area contributed by atoms with Gasteiger partial charge in [-0.2, -0.15) is 0 Å². The Morgan fingerprint density at radius 2 is 2.33 bits per heavy atom. The summed E-state index contributed by atoms with van der Waals surface area (Å²) in [5, 5.41) is 3.31. The number of hydrogen-bond donors (Lipinski definition) is 1. The maximum absolute atomic E-state index is 4.24. The minimum Gasteiger partial charge on any atom is -0.309 e. The van der Waals surface area contributed by atoms with Crippen LogP contribution in [0.1, 0.15) is 19.5 Å². The van der Waals surface area contributed by atoms with Crippen molar-refractivity contribution in [2.45, 2.75) is 26.4 Å². The van der Waals surface area contributed by atoms with Crippen LogP contribution in [0.3, 0.4) is 0 Å². The van der Waals surface area contributed by atoms with Crippen LogP contribution in [0.5, 0.6) is 0 Å². The van der Waals surface area contributed by atoms with Gasteiger partial charge in [-0.15, -0.1) is 0 Å². The third-order valence-corrected chi connectivity index (χ3v) is 2.23. The Kier molecular flexibility index (Phi) is 3.69. The highest BCUT2D eigenvalue weighted by atomic mass is 79.9. The highest BCUT2D eigenvalue weighted by molar-refractivity contribution is 9.10. The Labute approximate surface area is 81.5 Å². The molecule has 0 radical (unpaired) electrons. The minimum atomic E-state index is 0.499. The summed E-state index contributed by atoms with van der Waals surface area (Å²) in [5.41, 5.74) is 1.06. The van der Waals surface area contributed by atoms with E-state index in [4.69, 9.17) is 0 Å². The van der Waals surface area contributed by atoms with Gasteiger partial charge in [0, 0.05) is 23.3 Å². The first-order valence-electron chi connectivity index (χ1n) is 4.03. The van der Waals surface area contributed by atoms with Crippen LogP contribution >= 0.6 is 15.9 Å². The summed E-state index contributed by atoms with van der Waals surface area (Å²) in [6.07, 6.45) is 1.81. The summed E-state index contributed by atoms with van der Waals surface area (Å²) in [6.45, 7) is 5.06. The molecule has 0 aliphatic carbocycles. The molecule has 1 heterocycles. The summed E-state index contributed by atoms with van der Waals surface area (Å²) in [5.74, 6) is 0. The quantitative estimate of drug-likeness (QED) is 0.860. The lowest BCUT2D eigenvalue weighted by molar-refractivity contribution is 0.580. The molecule has 0 spiro atoms. The summed E-state index contributed by atoms with van der Waals surface area (Å²) in [7, 11) is 0. The van der Waals surface area contributed by atoms with E-state index in [-0.39, 0.29) is 0 Å². The number of hydrogen-bond acceptors (Lipinski definition) is 2. The summed E-state index contributed by atoms with van der Waals surface area (Å²) in [6, 6.07) is 4.42. The van der Waals surface area contributed by atoms with Crippen LogP contribution < -0.4 is 5.32 Å². The van der Waals surface area contributed by atoms with Crippen LogP contribution in [0.15, 0.2) is 22.8 Å². The largest absolute Gasteiger partial charge is 0.309 e. The molecule has 2 nitrogen and oxygen atoms in total. The topological polar surface area (TPSA) is 24.9 Å². The molecular weight excluding hydrogens is 216 g/mol. The molecule has 1 N–H and O–H groups in total. The second kappa shape index (κ2) is 4.58. The van der Waals surface area contributed by atoms with Gasteiger partial charge in [0.15, 0.2) is 0 Å². The molecule has 0 atom stereocenters. The number of nitrogens with one attached hydrogen (secondary N) is 1. The molecule has 0 fully saturated rings. The fourth-order valence-electron chi connectivity index (χ4n) is 0.849. The first kappa shape index (κ1) is 9.68. The molecule has 0 unspecified atom stereocenters. The number of rotatable bonds is 3. The average Bonchev–Trinajstić information content (AvgIpc) is 2.03. The molecule has 1 rings (SSSR count). The Bertz CT molecular complexity index is 248. The highest BCUT2D eigenvalue weighted by Gasteiger charge is 1.99. The van der Waals surface area contributed by atoms with Gasteiger partial charge in [0.25, 0.3) is 0 Å². The lowest BCUT2D eigenvalue weighted by Crippen LogP contribution is -2.22. The molecule has 0 amide bonds. The van der Waals surface area contributed by atoms with Crippen molar-refractivity contribution in [2.24, 2.45) is 0 Å². The second-order valence-corrected chi connectivity index (χ2v) is 3.82. The van der Waals surface area contributed by atoms with Gasteiger partial charge in [0.1, 0.15) is 0 Å². The van der Waals surface area contributed by atoms with Crippen LogP contribution in [0.2, 0.25) is 0 Å². The number of halogens is 1. The van der Waals surface area contributed by atoms with Gasteiger partial charge in [-0.3, -0.25) is 4.98 Å². The van der Waals surface area contributed by atoms with E-state index in [1.165, 1.54) is 0 Å². The summed E-state index contributed by atoms with van der Waals surface area (Å²) in [4.78, 5) is 4.24. The number of aromatic nitrogens is 1. The van der Waals surface area contributed by atoms with Gasteiger partial charge in [0.05, 0.1) is 5.69 Å². The summed E-state index contributed by atoms with van der Waals surface area (Å²) >= 11 is 3.44. The summed E-state index contributed by atoms with van der Waals surface area (Å²) < 4.78 is 1.07. The van der Waals surface area contributed by atoms with Gasteiger partial charge >= 0.3 is 0 Å². The first-order valence-corrected chi connectivity index (χ1v) is 4.82.